The minimum Gasteiger partial charge on any atom is -0.481 e. The highest BCUT2D eigenvalue weighted by molar-refractivity contribution is 5.85. The van der Waals surface area contributed by atoms with Crippen LogP contribution in [0.5, 0.6) is 0 Å². The topological polar surface area (TPSA) is 83.3 Å². The maximum atomic E-state index is 11.7. The summed E-state index contributed by atoms with van der Waals surface area (Å²) in [5, 5.41) is 17.5. The number of pyridine rings is 1. The Labute approximate surface area is 219 Å². The number of rotatable bonds is 9. The molecule has 0 saturated carbocycles. The van der Waals surface area contributed by atoms with E-state index < -0.39 is 5.97 Å². The molecule has 0 amide bonds. The largest absolute Gasteiger partial charge is 0.481 e. The molecule has 1 aromatic carbocycles. The molecule has 0 spiro atoms. The van der Waals surface area contributed by atoms with E-state index in [2.05, 4.69) is 39.6 Å². The highest BCUT2D eigenvalue weighted by Gasteiger charge is 2.27. The van der Waals surface area contributed by atoms with Gasteiger partial charge >= 0.3 is 5.97 Å². The van der Waals surface area contributed by atoms with Gasteiger partial charge in [0.05, 0.1) is 12.1 Å². The Bertz CT molecular complexity index is 1180. The van der Waals surface area contributed by atoms with Gasteiger partial charge in [-0.3, -0.25) is 4.79 Å². The Hall–Kier alpha value is -2.90. The average Bonchev–Trinajstić information content (AvgIpc) is 3.50. The molecule has 1 saturated heterocycles. The number of anilines is 1. The van der Waals surface area contributed by atoms with Gasteiger partial charge in [-0.15, -0.1) is 12.4 Å². The van der Waals surface area contributed by atoms with E-state index in [9.17, 15) is 9.90 Å². The third-order valence-electron chi connectivity index (χ3n) is 7.45. The summed E-state index contributed by atoms with van der Waals surface area (Å²) >= 11 is 0. The molecule has 2 atom stereocenters. The van der Waals surface area contributed by atoms with Crippen molar-refractivity contribution in [1.82, 2.24) is 19.7 Å². The normalized spacial score (nSPS) is 18.2. The Morgan fingerprint density at radius 3 is 2.94 bits per heavy atom. The zero-order valence-electron chi connectivity index (χ0n) is 20.9. The van der Waals surface area contributed by atoms with Gasteiger partial charge in [0, 0.05) is 43.1 Å². The molecular weight excluding hydrogens is 474 g/mol. The second kappa shape index (κ2) is 11.9. The van der Waals surface area contributed by atoms with Crippen LogP contribution in [-0.2, 0) is 17.6 Å². The summed E-state index contributed by atoms with van der Waals surface area (Å²) in [7, 11) is 0. The highest BCUT2D eigenvalue weighted by atomic mass is 35.5. The zero-order valence-corrected chi connectivity index (χ0v) is 21.7. The Morgan fingerprint density at radius 2 is 2.14 bits per heavy atom. The first kappa shape index (κ1) is 26.2. The molecule has 192 valence electrons. The monoisotopic (exact) mass is 509 g/mol. The summed E-state index contributed by atoms with van der Waals surface area (Å²) in [5.74, 6) is 0.907. The van der Waals surface area contributed by atoms with E-state index in [1.165, 1.54) is 17.7 Å². The second-order valence-electron chi connectivity index (χ2n) is 10.1. The van der Waals surface area contributed by atoms with Gasteiger partial charge in [-0.2, -0.15) is 5.10 Å². The molecule has 5 rings (SSSR count). The molecule has 0 radical (unpaired) electrons. The molecule has 2 aliphatic heterocycles. The fourth-order valence-corrected chi connectivity index (χ4v) is 5.53. The van der Waals surface area contributed by atoms with Crippen LogP contribution in [0.1, 0.15) is 54.1 Å². The number of nitrogens with zero attached hydrogens (tertiary/aromatic N) is 4. The fraction of sp³-hybridized carbons (Fsp3) is 0.464. The van der Waals surface area contributed by atoms with Crippen molar-refractivity contribution < 1.29 is 9.90 Å². The SMILES string of the molecule is Cc1ccnn1-c1cccc([C@H](CC(=O)O)CN2CC[C@@H](CCc3ccc4c(n3)NCCC4)C2)c1.Cl. The zero-order chi connectivity index (χ0) is 24.2. The number of aromatic nitrogens is 3. The number of nitrogens with one attached hydrogen (secondary N) is 1. The standard InChI is InChI=1S/C28H35N5O2.ClH/c1-20-11-14-30-33(20)26-6-2-4-23(16-26)24(17-27(34)35)19-32-15-12-21(18-32)7-9-25-10-8-22-5-3-13-29-28(22)31-25;/h2,4,6,8,10-11,14,16,21,24H,3,5,7,9,12-13,15,17-19H2,1H3,(H,29,31)(H,34,35);1H/t21-,24-;/m1./s1. The molecule has 0 unspecified atom stereocenters. The molecule has 2 aliphatic rings. The summed E-state index contributed by atoms with van der Waals surface area (Å²) in [6.07, 6.45) is 7.51. The minimum atomic E-state index is -0.751. The Kier molecular flexibility index (Phi) is 8.64. The molecule has 1 fully saturated rings. The number of hydrogen-bond acceptors (Lipinski definition) is 5. The van der Waals surface area contributed by atoms with E-state index in [1.54, 1.807) is 6.20 Å². The van der Waals surface area contributed by atoms with Crippen LogP contribution in [0.3, 0.4) is 0 Å². The molecule has 0 bridgehead atoms. The number of hydrogen-bond donors (Lipinski definition) is 2. The number of aliphatic carboxylic acids is 1. The van der Waals surface area contributed by atoms with Crippen LogP contribution in [0.4, 0.5) is 5.82 Å². The van der Waals surface area contributed by atoms with Gasteiger partial charge in [0.25, 0.3) is 0 Å². The van der Waals surface area contributed by atoms with Gasteiger partial charge in [0.1, 0.15) is 5.82 Å². The number of fused-ring (bicyclic) bond motifs is 1. The molecule has 3 aromatic rings. The number of benzene rings is 1. The average molecular weight is 510 g/mol. The summed E-state index contributed by atoms with van der Waals surface area (Å²) in [5.41, 5.74) is 5.61. The lowest BCUT2D eigenvalue weighted by Crippen LogP contribution is -2.28. The number of halogens is 1. The quantitative estimate of drug-likeness (QED) is 0.428. The van der Waals surface area contributed by atoms with Crippen molar-refractivity contribution in [1.29, 1.82) is 0 Å². The first-order chi connectivity index (χ1) is 17.0. The van der Waals surface area contributed by atoms with Gasteiger partial charge in [0.2, 0.25) is 0 Å². The molecule has 2 N–H and O–H groups in total. The third-order valence-corrected chi connectivity index (χ3v) is 7.45. The van der Waals surface area contributed by atoms with E-state index in [0.29, 0.717) is 5.92 Å². The first-order valence-electron chi connectivity index (χ1n) is 12.8. The van der Waals surface area contributed by atoms with Gasteiger partial charge in [0.15, 0.2) is 0 Å². The molecule has 7 nitrogen and oxygen atoms in total. The predicted octanol–water partition coefficient (Wildman–Crippen LogP) is 4.87. The van der Waals surface area contributed by atoms with E-state index in [-0.39, 0.29) is 24.7 Å². The van der Waals surface area contributed by atoms with Crippen LogP contribution in [0.25, 0.3) is 5.69 Å². The lowest BCUT2D eigenvalue weighted by atomic mass is 9.94. The predicted molar refractivity (Wildman–Crippen MR) is 144 cm³/mol. The van der Waals surface area contributed by atoms with Gasteiger partial charge < -0.3 is 15.3 Å². The van der Waals surface area contributed by atoms with Gasteiger partial charge in [-0.05, 0) is 86.9 Å². The van der Waals surface area contributed by atoms with Crippen LogP contribution in [0.2, 0.25) is 0 Å². The van der Waals surface area contributed by atoms with Crippen molar-refractivity contribution in [3.05, 3.63) is 71.2 Å². The van der Waals surface area contributed by atoms with Crippen LogP contribution in [-0.4, -0.2) is 56.9 Å². The highest BCUT2D eigenvalue weighted by Crippen LogP contribution is 2.29. The molecule has 36 heavy (non-hydrogen) atoms. The van der Waals surface area contributed by atoms with E-state index >= 15 is 0 Å². The van der Waals surface area contributed by atoms with Crippen molar-refractivity contribution >= 4 is 24.2 Å². The van der Waals surface area contributed by atoms with E-state index in [4.69, 9.17) is 4.98 Å². The fourth-order valence-electron chi connectivity index (χ4n) is 5.53. The van der Waals surface area contributed by atoms with Crippen LogP contribution in [0, 0.1) is 12.8 Å². The maximum absolute atomic E-state index is 11.7. The number of carbonyl (C=O) groups is 1. The lowest BCUT2D eigenvalue weighted by Gasteiger charge is -2.24. The summed E-state index contributed by atoms with van der Waals surface area (Å²) in [4.78, 5) is 19.0. The molecule has 8 heteroatoms. The van der Waals surface area contributed by atoms with Gasteiger partial charge in [-0.1, -0.05) is 18.2 Å². The van der Waals surface area contributed by atoms with E-state index in [1.807, 2.05) is 29.8 Å². The van der Waals surface area contributed by atoms with Crippen LogP contribution >= 0.6 is 12.4 Å². The first-order valence-corrected chi connectivity index (χ1v) is 12.8. The molecular formula is C28H36ClN5O2. The number of aryl methyl sites for hydroxylation is 3. The summed E-state index contributed by atoms with van der Waals surface area (Å²) in [6.45, 7) is 5.86. The number of carboxylic acid groups (broad SMARTS) is 1. The molecule has 4 heterocycles. The Balaban J connectivity index is 0.00000304. The summed E-state index contributed by atoms with van der Waals surface area (Å²) in [6, 6.07) is 14.6. The maximum Gasteiger partial charge on any atom is 0.304 e. The van der Waals surface area contributed by atoms with Crippen molar-refractivity contribution in [2.45, 2.75) is 51.4 Å². The van der Waals surface area contributed by atoms with Crippen LogP contribution in [0.15, 0.2) is 48.7 Å². The van der Waals surface area contributed by atoms with Crippen molar-refractivity contribution in [2.24, 2.45) is 5.92 Å². The van der Waals surface area contributed by atoms with Gasteiger partial charge in [-0.25, -0.2) is 9.67 Å². The van der Waals surface area contributed by atoms with Crippen molar-refractivity contribution in [3.8, 4) is 5.69 Å². The second-order valence-corrected chi connectivity index (χ2v) is 10.1. The van der Waals surface area contributed by atoms with E-state index in [0.717, 1.165) is 74.6 Å². The van der Waals surface area contributed by atoms with Crippen molar-refractivity contribution in [2.75, 3.05) is 31.5 Å². The Morgan fingerprint density at radius 1 is 1.25 bits per heavy atom. The third kappa shape index (κ3) is 6.26. The van der Waals surface area contributed by atoms with Crippen LogP contribution < -0.4 is 5.32 Å². The smallest absolute Gasteiger partial charge is 0.304 e. The minimum absolute atomic E-state index is 0. The summed E-state index contributed by atoms with van der Waals surface area (Å²) < 4.78 is 1.90. The lowest BCUT2D eigenvalue weighted by molar-refractivity contribution is -0.137. The molecule has 0 aliphatic carbocycles. The van der Waals surface area contributed by atoms with Crippen molar-refractivity contribution in [3.63, 3.8) is 0 Å². The molecule has 2 aromatic heterocycles. The number of carboxylic acids is 1. The number of likely N-dealkylation sites (tertiary alicyclic amines) is 1.